The molecular weight excluding hydrogens is 276 g/mol. The molecule has 0 saturated heterocycles. The Hall–Kier alpha value is -0.410. The second-order valence-electron chi connectivity index (χ2n) is 8.11. The first-order valence-electron chi connectivity index (χ1n) is 8.42. The van der Waals surface area contributed by atoms with Gasteiger partial charge in [0.2, 0.25) is 0 Å². The summed E-state index contributed by atoms with van der Waals surface area (Å²) in [7, 11) is 0. The largest absolute Gasteiger partial charge is 0.303 e. The SMILES string of the molecule is CCc1nc(C2(NC(C)C)CC(C)CC(C)(C)C2)sc1C. The summed E-state index contributed by atoms with van der Waals surface area (Å²) in [5.41, 5.74) is 1.74. The summed E-state index contributed by atoms with van der Waals surface area (Å²) in [5.74, 6) is 0.745. The van der Waals surface area contributed by atoms with Crippen molar-refractivity contribution >= 4 is 11.3 Å². The van der Waals surface area contributed by atoms with Gasteiger partial charge < -0.3 is 5.32 Å². The van der Waals surface area contributed by atoms with Crippen LogP contribution in [-0.4, -0.2) is 11.0 Å². The lowest BCUT2D eigenvalue weighted by atomic mass is 9.64. The van der Waals surface area contributed by atoms with Gasteiger partial charge in [-0.15, -0.1) is 11.3 Å². The maximum atomic E-state index is 5.03. The Kier molecular flexibility index (Phi) is 4.84. The molecule has 1 aromatic heterocycles. The molecule has 1 heterocycles. The van der Waals surface area contributed by atoms with Crippen LogP contribution in [0.15, 0.2) is 0 Å². The normalized spacial score (nSPS) is 29.0. The van der Waals surface area contributed by atoms with Gasteiger partial charge in [-0.05, 0) is 57.8 Å². The van der Waals surface area contributed by atoms with Gasteiger partial charge in [0.05, 0.1) is 11.2 Å². The highest BCUT2D eigenvalue weighted by molar-refractivity contribution is 7.11. The number of aromatic nitrogens is 1. The minimum atomic E-state index is 0.0676. The standard InChI is InChI=1S/C18H32N2S/c1-8-15-14(5)21-16(19-15)18(20-12(2)3)10-13(4)9-17(6,7)11-18/h12-13,20H,8-11H2,1-7H3. The molecule has 1 aliphatic carbocycles. The fourth-order valence-electron chi connectivity index (χ4n) is 4.42. The van der Waals surface area contributed by atoms with Gasteiger partial charge in [-0.1, -0.05) is 27.7 Å². The molecule has 0 aliphatic heterocycles. The van der Waals surface area contributed by atoms with E-state index in [9.17, 15) is 0 Å². The third-order valence-corrected chi connectivity index (χ3v) is 5.80. The van der Waals surface area contributed by atoms with Crippen LogP contribution in [0.5, 0.6) is 0 Å². The Morgan fingerprint density at radius 2 is 2.00 bits per heavy atom. The molecule has 0 radical (unpaired) electrons. The molecular formula is C18H32N2S. The molecule has 120 valence electrons. The lowest BCUT2D eigenvalue weighted by Crippen LogP contribution is -2.52. The number of hydrogen-bond donors (Lipinski definition) is 1. The number of hydrogen-bond acceptors (Lipinski definition) is 3. The summed E-state index contributed by atoms with van der Waals surface area (Å²) >= 11 is 1.92. The summed E-state index contributed by atoms with van der Waals surface area (Å²) in [4.78, 5) is 6.43. The molecule has 1 N–H and O–H groups in total. The van der Waals surface area contributed by atoms with E-state index in [1.165, 1.54) is 34.8 Å². The number of aryl methyl sites for hydroxylation is 2. The Labute approximate surface area is 134 Å². The molecule has 21 heavy (non-hydrogen) atoms. The number of nitrogens with one attached hydrogen (secondary N) is 1. The topological polar surface area (TPSA) is 24.9 Å². The summed E-state index contributed by atoms with van der Waals surface area (Å²) < 4.78 is 0. The average molecular weight is 309 g/mol. The van der Waals surface area contributed by atoms with Crippen molar-refractivity contribution in [3.05, 3.63) is 15.6 Å². The molecule has 0 aromatic carbocycles. The van der Waals surface area contributed by atoms with Crippen molar-refractivity contribution in [3.8, 4) is 0 Å². The molecule has 3 heteroatoms. The van der Waals surface area contributed by atoms with Crippen molar-refractivity contribution in [2.45, 2.75) is 85.7 Å². The molecule has 1 saturated carbocycles. The van der Waals surface area contributed by atoms with Gasteiger partial charge in [0.15, 0.2) is 0 Å². The molecule has 0 bridgehead atoms. The first-order chi connectivity index (χ1) is 9.67. The predicted octanol–water partition coefficient (Wildman–Crippen LogP) is 5.05. The maximum Gasteiger partial charge on any atom is 0.113 e. The zero-order valence-corrected chi connectivity index (χ0v) is 15.7. The van der Waals surface area contributed by atoms with Gasteiger partial charge >= 0.3 is 0 Å². The summed E-state index contributed by atoms with van der Waals surface area (Å²) in [6, 6.07) is 0.486. The zero-order valence-electron chi connectivity index (χ0n) is 14.8. The fraction of sp³-hybridized carbons (Fsp3) is 0.833. The second kappa shape index (κ2) is 6.00. The van der Waals surface area contributed by atoms with Gasteiger partial charge in [0.1, 0.15) is 5.01 Å². The number of rotatable bonds is 4. The summed E-state index contributed by atoms with van der Waals surface area (Å²) in [6.45, 7) is 16.2. The van der Waals surface area contributed by atoms with Crippen LogP contribution >= 0.6 is 11.3 Å². The van der Waals surface area contributed by atoms with Crippen molar-refractivity contribution in [2.24, 2.45) is 11.3 Å². The lowest BCUT2D eigenvalue weighted by Gasteiger charge is -2.48. The van der Waals surface area contributed by atoms with Gasteiger partial charge in [0.25, 0.3) is 0 Å². The van der Waals surface area contributed by atoms with Crippen LogP contribution in [0.3, 0.4) is 0 Å². The monoisotopic (exact) mass is 308 g/mol. The highest BCUT2D eigenvalue weighted by Gasteiger charge is 2.46. The summed E-state index contributed by atoms with van der Waals surface area (Å²) in [5, 5.41) is 5.23. The zero-order chi connectivity index (χ0) is 15.8. The molecule has 2 atom stereocenters. The van der Waals surface area contributed by atoms with Gasteiger partial charge in [-0.25, -0.2) is 4.98 Å². The summed E-state index contributed by atoms with van der Waals surface area (Å²) in [6.07, 6.45) is 4.77. The van der Waals surface area contributed by atoms with Crippen LogP contribution in [0, 0.1) is 18.3 Å². The van der Waals surface area contributed by atoms with Gasteiger partial charge in [0, 0.05) is 10.9 Å². The number of thiazole rings is 1. The highest BCUT2D eigenvalue weighted by atomic mass is 32.1. The van der Waals surface area contributed by atoms with E-state index in [0.717, 1.165) is 12.3 Å². The average Bonchev–Trinajstić information content (AvgIpc) is 2.67. The molecule has 0 spiro atoms. The Bertz CT molecular complexity index is 485. The fourth-order valence-corrected chi connectivity index (χ4v) is 5.58. The van der Waals surface area contributed by atoms with Crippen molar-refractivity contribution in [1.29, 1.82) is 0 Å². The van der Waals surface area contributed by atoms with Crippen LogP contribution in [0.4, 0.5) is 0 Å². The molecule has 1 fully saturated rings. The van der Waals surface area contributed by atoms with Crippen molar-refractivity contribution in [3.63, 3.8) is 0 Å². The maximum absolute atomic E-state index is 5.03. The quantitative estimate of drug-likeness (QED) is 0.841. The minimum absolute atomic E-state index is 0.0676. The van der Waals surface area contributed by atoms with E-state index in [4.69, 9.17) is 4.98 Å². The van der Waals surface area contributed by atoms with Crippen LogP contribution < -0.4 is 5.32 Å². The van der Waals surface area contributed by atoms with Gasteiger partial charge in [-0.3, -0.25) is 0 Å². The van der Waals surface area contributed by atoms with Crippen LogP contribution in [0.25, 0.3) is 0 Å². The first kappa shape index (κ1) is 17.0. The van der Waals surface area contributed by atoms with Crippen molar-refractivity contribution < 1.29 is 0 Å². The smallest absolute Gasteiger partial charge is 0.113 e. The van der Waals surface area contributed by atoms with E-state index in [0.29, 0.717) is 11.5 Å². The van der Waals surface area contributed by atoms with Crippen LogP contribution in [0.1, 0.15) is 76.4 Å². The van der Waals surface area contributed by atoms with E-state index >= 15 is 0 Å². The molecule has 0 amide bonds. The van der Waals surface area contributed by atoms with E-state index in [-0.39, 0.29) is 5.54 Å². The Morgan fingerprint density at radius 1 is 1.33 bits per heavy atom. The van der Waals surface area contributed by atoms with Gasteiger partial charge in [-0.2, -0.15) is 0 Å². The molecule has 2 rings (SSSR count). The Morgan fingerprint density at radius 3 is 2.48 bits per heavy atom. The molecule has 1 aliphatic rings. The van der Waals surface area contributed by atoms with Crippen LogP contribution in [-0.2, 0) is 12.0 Å². The van der Waals surface area contributed by atoms with E-state index in [1.807, 2.05) is 11.3 Å². The predicted molar refractivity (Wildman–Crippen MR) is 93.0 cm³/mol. The molecule has 2 unspecified atom stereocenters. The second-order valence-corrected chi connectivity index (χ2v) is 9.31. The van der Waals surface area contributed by atoms with Crippen molar-refractivity contribution in [2.75, 3.05) is 0 Å². The Balaban J connectivity index is 2.45. The lowest BCUT2D eigenvalue weighted by molar-refractivity contribution is 0.0731. The van der Waals surface area contributed by atoms with Crippen molar-refractivity contribution in [1.82, 2.24) is 10.3 Å². The minimum Gasteiger partial charge on any atom is -0.303 e. The third kappa shape index (κ3) is 3.68. The number of nitrogens with zero attached hydrogens (tertiary/aromatic N) is 1. The first-order valence-corrected chi connectivity index (χ1v) is 9.23. The van der Waals surface area contributed by atoms with E-state index in [1.54, 1.807) is 0 Å². The van der Waals surface area contributed by atoms with Crippen LogP contribution in [0.2, 0.25) is 0 Å². The molecule has 2 nitrogen and oxygen atoms in total. The third-order valence-electron chi connectivity index (χ3n) is 4.58. The van der Waals surface area contributed by atoms with E-state index < -0.39 is 0 Å². The molecule has 1 aromatic rings. The highest BCUT2D eigenvalue weighted by Crippen LogP contribution is 2.49. The van der Waals surface area contributed by atoms with E-state index in [2.05, 4.69) is 53.8 Å².